The molecule has 7 heteroatoms. The first-order chi connectivity index (χ1) is 14.3. The highest BCUT2D eigenvalue weighted by Gasteiger charge is 2.20. The Bertz CT molecular complexity index is 1170. The molecule has 158 valence electrons. The van der Waals surface area contributed by atoms with Gasteiger partial charge < -0.3 is 15.5 Å². The number of benzene rings is 2. The van der Waals surface area contributed by atoms with Gasteiger partial charge in [-0.2, -0.15) is 0 Å². The Kier molecular flexibility index (Phi) is 5.28. The number of carbonyl (C=O) groups is 1. The molecule has 0 aliphatic carbocycles. The van der Waals surface area contributed by atoms with E-state index in [9.17, 15) is 9.59 Å². The summed E-state index contributed by atoms with van der Waals surface area (Å²) in [6.45, 7) is 5.86. The predicted octanol–water partition coefficient (Wildman–Crippen LogP) is 4.13. The smallest absolute Gasteiger partial charge is 0.328 e. The van der Waals surface area contributed by atoms with Gasteiger partial charge in [-0.25, -0.2) is 9.59 Å². The van der Waals surface area contributed by atoms with Gasteiger partial charge in [-0.15, -0.1) is 0 Å². The maximum atomic E-state index is 12.9. The van der Waals surface area contributed by atoms with Crippen LogP contribution in [0.1, 0.15) is 30.4 Å². The Morgan fingerprint density at radius 1 is 0.867 bits per heavy atom. The Morgan fingerprint density at radius 3 is 2.20 bits per heavy atom. The van der Waals surface area contributed by atoms with Gasteiger partial charge in [0, 0.05) is 32.9 Å². The molecule has 0 atom stereocenters. The van der Waals surface area contributed by atoms with Crippen molar-refractivity contribution in [3.8, 4) is 0 Å². The summed E-state index contributed by atoms with van der Waals surface area (Å²) in [6, 6.07) is 9.62. The molecule has 0 radical (unpaired) electrons. The summed E-state index contributed by atoms with van der Waals surface area (Å²) in [5.74, 6) is 0. The lowest BCUT2D eigenvalue weighted by molar-refractivity contribution is 0.262. The first-order valence-electron chi connectivity index (χ1n) is 10.4. The van der Waals surface area contributed by atoms with Gasteiger partial charge in [0.05, 0.1) is 22.4 Å². The van der Waals surface area contributed by atoms with Gasteiger partial charge >= 0.3 is 11.7 Å². The third-order valence-corrected chi connectivity index (χ3v) is 5.98. The number of amides is 2. The second-order valence-corrected chi connectivity index (χ2v) is 8.20. The summed E-state index contributed by atoms with van der Waals surface area (Å²) in [5, 5.41) is 6.00. The van der Waals surface area contributed by atoms with E-state index in [-0.39, 0.29) is 11.7 Å². The number of nitrogens with zero attached hydrogens (tertiary/aromatic N) is 3. The lowest BCUT2D eigenvalue weighted by Crippen LogP contribution is -2.31. The SMILES string of the molecule is Cc1ccc(C)c(NC(=O)Nc2cc3c(cc2N2CCCCC2)n(C)c(=O)n3C)c1. The van der Waals surface area contributed by atoms with Crippen molar-refractivity contribution in [2.24, 2.45) is 14.1 Å². The van der Waals surface area contributed by atoms with E-state index in [1.54, 1.807) is 23.2 Å². The monoisotopic (exact) mass is 407 g/mol. The molecule has 0 saturated carbocycles. The Hall–Kier alpha value is -3.22. The summed E-state index contributed by atoms with van der Waals surface area (Å²) in [4.78, 5) is 27.6. The Balaban J connectivity index is 1.72. The quantitative estimate of drug-likeness (QED) is 0.686. The number of imidazole rings is 1. The number of rotatable bonds is 3. The van der Waals surface area contributed by atoms with Crippen LogP contribution in [-0.2, 0) is 14.1 Å². The van der Waals surface area contributed by atoms with Crippen LogP contribution >= 0.6 is 0 Å². The van der Waals surface area contributed by atoms with Crippen molar-refractivity contribution >= 4 is 34.1 Å². The molecule has 1 saturated heterocycles. The molecular weight excluding hydrogens is 378 g/mol. The number of anilines is 3. The van der Waals surface area contributed by atoms with E-state index in [2.05, 4.69) is 15.5 Å². The van der Waals surface area contributed by atoms with Crippen LogP contribution in [-0.4, -0.2) is 28.3 Å². The molecule has 7 nitrogen and oxygen atoms in total. The van der Waals surface area contributed by atoms with Gasteiger partial charge in [0.15, 0.2) is 0 Å². The van der Waals surface area contributed by atoms with Gasteiger partial charge in [-0.05, 0) is 62.4 Å². The van der Waals surface area contributed by atoms with Gasteiger partial charge in [0.25, 0.3) is 0 Å². The maximum Gasteiger partial charge on any atom is 0.328 e. The zero-order valence-electron chi connectivity index (χ0n) is 18.1. The molecule has 2 heterocycles. The van der Waals surface area contributed by atoms with E-state index < -0.39 is 0 Å². The number of urea groups is 1. The number of carbonyl (C=O) groups excluding carboxylic acids is 1. The van der Waals surface area contributed by atoms with E-state index in [1.165, 1.54) is 6.42 Å². The van der Waals surface area contributed by atoms with Crippen molar-refractivity contribution < 1.29 is 4.79 Å². The number of aromatic nitrogens is 2. The minimum absolute atomic E-state index is 0.0772. The van der Waals surface area contributed by atoms with Crippen molar-refractivity contribution in [1.29, 1.82) is 0 Å². The molecular formula is C23H29N5O2. The van der Waals surface area contributed by atoms with Gasteiger partial charge in [0.1, 0.15) is 0 Å². The molecule has 0 bridgehead atoms. The molecule has 3 aromatic rings. The molecule has 2 N–H and O–H groups in total. The lowest BCUT2D eigenvalue weighted by atomic mass is 10.1. The van der Waals surface area contributed by atoms with Crippen LogP contribution in [0.15, 0.2) is 35.1 Å². The summed E-state index contributed by atoms with van der Waals surface area (Å²) >= 11 is 0. The van der Waals surface area contributed by atoms with Crippen LogP contribution in [0.5, 0.6) is 0 Å². The minimum atomic E-state index is -0.290. The Labute approximate surface area is 176 Å². The number of aryl methyl sites for hydroxylation is 4. The average Bonchev–Trinajstić information content (AvgIpc) is 2.94. The van der Waals surface area contributed by atoms with Crippen molar-refractivity contribution in [2.75, 3.05) is 28.6 Å². The van der Waals surface area contributed by atoms with Crippen molar-refractivity contribution in [2.45, 2.75) is 33.1 Å². The summed E-state index contributed by atoms with van der Waals surface area (Å²) < 4.78 is 3.27. The molecule has 4 rings (SSSR count). The molecule has 1 aromatic heterocycles. The van der Waals surface area contributed by atoms with Crippen LogP contribution in [0.2, 0.25) is 0 Å². The average molecular weight is 408 g/mol. The van der Waals surface area contributed by atoms with Crippen LogP contribution in [0.3, 0.4) is 0 Å². The largest absolute Gasteiger partial charge is 0.370 e. The summed E-state index contributed by atoms with van der Waals surface area (Å²) in [7, 11) is 3.54. The van der Waals surface area contributed by atoms with Crippen LogP contribution in [0.4, 0.5) is 21.9 Å². The fourth-order valence-corrected chi connectivity index (χ4v) is 4.18. The second-order valence-electron chi connectivity index (χ2n) is 8.20. The van der Waals surface area contributed by atoms with Crippen molar-refractivity contribution in [1.82, 2.24) is 9.13 Å². The number of nitrogens with one attached hydrogen (secondary N) is 2. The molecule has 1 fully saturated rings. The van der Waals surface area contributed by atoms with E-state index in [4.69, 9.17) is 0 Å². The van der Waals surface area contributed by atoms with Gasteiger partial charge in [0.2, 0.25) is 0 Å². The maximum absolute atomic E-state index is 12.9. The van der Waals surface area contributed by atoms with Gasteiger partial charge in [-0.1, -0.05) is 12.1 Å². The van der Waals surface area contributed by atoms with Crippen molar-refractivity contribution in [3.05, 3.63) is 51.9 Å². The normalized spacial score (nSPS) is 14.2. The third-order valence-electron chi connectivity index (χ3n) is 5.98. The van der Waals surface area contributed by atoms with E-state index >= 15 is 0 Å². The fraction of sp³-hybridized carbons (Fsp3) is 0.391. The first-order valence-corrected chi connectivity index (χ1v) is 10.4. The summed E-state index contributed by atoms with van der Waals surface area (Å²) in [5.41, 5.74) is 6.15. The van der Waals surface area contributed by atoms with Crippen molar-refractivity contribution in [3.63, 3.8) is 0 Å². The lowest BCUT2D eigenvalue weighted by Gasteiger charge is -2.30. The number of fused-ring (bicyclic) bond motifs is 1. The minimum Gasteiger partial charge on any atom is -0.370 e. The van der Waals surface area contributed by atoms with E-state index in [1.807, 2.05) is 44.2 Å². The fourth-order valence-electron chi connectivity index (χ4n) is 4.18. The van der Waals surface area contributed by atoms with Crippen LogP contribution < -0.4 is 21.2 Å². The Morgan fingerprint density at radius 2 is 1.50 bits per heavy atom. The molecule has 30 heavy (non-hydrogen) atoms. The molecule has 1 aliphatic rings. The van der Waals surface area contributed by atoms with E-state index in [0.29, 0.717) is 5.69 Å². The highest BCUT2D eigenvalue weighted by molar-refractivity contribution is 6.04. The van der Waals surface area contributed by atoms with E-state index in [0.717, 1.165) is 59.5 Å². The number of piperidine rings is 1. The molecule has 0 spiro atoms. The highest BCUT2D eigenvalue weighted by atomic mass is 16.2. The van der Waals surface area contributed by atoms with Gasteiger partial charge in [-0.3, -0.25) is 9.13 Å². The predicted molar refractivity (Wildman–Crippen MR) is 123 cm³/mol. The first kappa shape index (κ1) is 20.1. The zero-order chi connectivity index (χ0) is 21.4. The third kappa shape index (κ3) is 3.67. The van der Waals surface area contributed by atoms with Crippen LogP contribution in [0.25, 0.3) is 11.0 Å². The standard InChI is InChI=1S/C23H29N5O2/c1-15-8-9-16(2)17(12-15)24-22(29)25-18-13-20-21(27(4)23(30)26(20)3)14-19(18)28-10-6-5-7-11-28/h8-9,12-14H,5-7,10-11H2,1-4H3,(H2,24,25,29). The molecule has 2 aromatic carbocycles. The highest BCUT2D eigenvalue weighted by Crippen LogP contribution is 2.33. The zero-order valence-corrected chi connectivity index (χ0v) is 18.1. The molecule has 0 unspecified atom stereocenters. The summed E-state index contributed by atoms with van der Waals surface area (Å²) in [6.07, 6.45) is 3.47. The van der Waals surface area contributed by atoms with Crippen LogP contribution in [0, 0.1) is 13.8 Å². The number of hydrogen-bond acceptors (Lipinski definition) is 3. The second kappa shape index (κ2) is 7.89. The molecule has 1 aliphatic heterocycles. The molecule has 2 amide bonds. The number of hydrogen-bond donors (Lipinski definition) is 2. The topological polar surface area (TPSA) is 71.3 Å².